The van der Waals surface area contributed by atoms with Crippen LogP contribution < -0.4 is 14.2 Å². The van der Waals surface area contributed by atoms with E-state index in [9.17, 15) is 0 Å². The summed E-state index contributed by atoms with van der Waals surface area (Å²) in [5.41, 5.74) is 5.94. The van der Waals surface area contributed by atoms with Gasteiger partial charge in [-0.2, -0.15) is 0 Å². The molecule has 0 radical (unpaired) electrons. The lowest BCUT2D eigenvalue weighted by Gasteiger charge is -2.15. The minimum absolute atomic E-state index is 0.609. The maximum Gasteiger partial charge on any atom is 0.203 e. The first-order valence-corrected chi connectivity index (χ1v) is 10.9. The number of likely N-dealkylation sites (tertiary alicyclic amines) is 1. The molecule has 5 rings (SSSR count). The summed E-state index contributed by atoms with van der Waals surface area (Å²) < 4.78 is 24.5. The zero-order valence-corrected chi connectivity index (χ0v) is 18.4. The molecule has 1 saturated heterocycles. The number of aryl methyl sites for hydroxylation is 1. The number of rotatable bonds is 7. The second kappa shape index (κ2) is 8.30. The van der Waals surface area contributed by atoms with Crippen LogP contribution in [0.4, 0.5) is 0 Å². The van der Waals surface area contributed by atoms with Crippen LogP contribution in [0.25, 0.3) is 11.3 Å². The summed E-state index contributed by atoms with van der Waals surface area (Å²) in [5, 5.41) is 4.44. The Morgan fingerprint density at radius 2 is 1.68 bits per heavy atom. The largest absolute Gasteiger partial charge is 0.493 e. The Kier molecular flexibility index (Phi) is 5.36. The minimum atomic E-state index is 0.609. The van der Waals surface area contributed by atoms with Crippen LogP contribution in [0.2, 0.25) is 0 Å². The molecular weight excluding hydrogens is 394 g/mol. The zero-order valence-electron chi connectivity index (χ0n) is 18.4. The van der Waals surface area contributed by atoms with Crippen molar-refractivity contribution < 1.29 is 18.7 Å². The monoisotopic (exact) mass is 423 g/mol. The van der Waals surface area contributed by atoms with Gasteiger partial charge < -0.3 is 23.3 Å². The van der Waals surface area contributed by atoms with Gasteiger partial charge in [-0.05, 0) is 62.0 Å². The van der Waals surface area contributed by atoms with Gasteiger partial charge in [0.25, 0.3) is 0 Å². The van der Waals surface area contributed by atoms with Crippen molar-refractivity contribution >= 4 is 0 Å². The van der Waals surface area contributed by atoms with Gasteiger partial charge in [0.1, 0.15) is 5.69 Å². The Morgan fingerprint density at radius 1 is 0.935 bits per heavy atom. The topological polar surface area (TPSA) is 61.9 Å². The lowest BCUT2D eigenvalue weighted by molar-refractivity contribution is 0.314. The first kappa shape index (κ1) is 20.0. The Bertz CT molecular complexity index is 1050. The smallest absolute Gasteiger partial charge is 0.203 e. The van der Waals surface area contributed by atoms with E-state index < -0.39 is 0 Å². The van der Waals surface area contributed by atoms with Gasteiger partial charge in [-0.15, -0.1) is 0 Å². The van der Waals surface area contributed by atoms with Crippen LogP contribution in [-0.2, 0) is 25.9 Å². The summed E-state index contributed by atoms with van der Waals surface area (Å²) in [6.07, 6.45) is 8.95. The lowest BCUT2D eigenvalue weighted by atomic mass is 9.93. The highest BCUT2D eigenvalue weighted by molar-refractivity contribution is 5.68. The highest BCUT2D eigenvalue weighted by Gasteiger charge is 2.27. The van der Waals surface area contributed by atoms with Crippen LogP contribution in [0.1, 0.15) is 35.2 Å². The molecule has 3 aromatic rings. The first-order chi connectivity index (χ1) is 15.2. The lowest BCUT2D eigenvalue weighted by Crippen LogP contribution is -2.19. The third kappa shape index (κ3) is 3.67. The molecule has 0 amide bonds. The fourth-order valence-corrected chi connectivity index (χ4v) is 4.84. The molecule has 0 bridgehead atoms. The molecule has 2 aromatic heterocycles. The molecule has 0 saturated carbocycles. The fourth-order valence-electron chi connectivity index (χ4n) is 4.84. The molecule has 2 aliphatic rings. The van der Waals surface area contributed by atoms with Crippen LogP contribution in [-0.4, -0.2) is 49.0 Å². The van der Waals surface area contributed by atoms with Crippen LogP contribution in [0.3, 0.4) is 0 Å². The van der Waals surface area contributed by atoms with Crippen LogP contribution >= 0.6 is 0 Å². The van der Waals surface area contributed by atoms with Gasteiger partial charge >= 0.3 is 0 Å². The summed E-state index contributed by atoms with van der Waals surface area (Å²) >= 11 is 0. The van der Waals surface area contributed by atoms with Gasteiger partial charge in [0.2, 0.25) is 5.75 Å². The zero-order chi connectivity index (χ0) is 21.4. The third-order valence-corrected chi connectivity index (χ3v) is 6.38. The van der Waals surface area contributed by atoms with Gasteiger partial charge in [0, 0.05) is 36.6 Å². The van der Waals surface area contributed by atoms with Gasteiger partial charge in [-0.25, -0.2) is 0 Å². The summed E-state index contributed by atoms with van der Waals surface area (Å²) in [6, 6.07) is 3.99. The highest BCUT2D eigenvalue weighted by atomic mass is 16.5. The van der Waals surface area contributed by atoms with Crippen molar-refractivity contribution in [3.05, 3.63) is 46.9 Å². The number of hydrogen-bond acceptors (Lipinski definition) is 6. The van der Waals surface area contributed by atoms with E-state index in [0.717, 1.165) is 55.1 Å². The van der Waals surface area contributed by atoms with Crippen molar-refractivity contribution in [3.63, 3.8) is 0 Å². The van der Waals surface area contributed by atoms with Gasteiger partial charge in [-0.1, -0.05) is 5.16 Å². The van der Waals surface area contributed by atoms with E-state index in [1.165, 1.54) is 24.0 Å². The number of ether oxygens (including phenoxy) is 3. The number of nitrogens with zero attached hydrogens (tertiary/aromatic N) is 3. The molecule has 7 nitrogen and oxygen atoms in total. The van der Waals surface area contributed by atoms with Crippen LogP contribution in [0.5, 0.6) is 17.2 Å². The predicted octanol–water partition coefficient (Wildman–Crippen LogP) is 3.91. The summed E-state index contributed by atoms with van der Waals surface area (Å²) in [5.74, 6) is 2.88. The SMILES string of the molecule is COc1cc(Cn2cc3c(c2)-c2onc(CN4CCCC4)c2CC3)cc(OC)c1OC. The molecule has 31 heavy (non-hydrogen) atoms. The number of hydrogen-bond donors (Lipinski definition) is 0. The van der Waals surface area contributed by atoms with Gasteiger partial charge in [0.15, 0.2) is 17.3 Å². The second-order valence-corrected chi connectivity index (χ2v) is 8.32. The highest BCUT2D eigenvalue weighted by Crippen LogP contribution is 2.39. The van der Waals surface area contributed by atoms with E-state index in [1.54, 1.807) is 21.3 Å². The molecule has 0 N–H and O–H groups in total. The van der Waals surface area contributed by atoms with E-state index in [0.29, 0.717) is 23.8 Å². The van der Waals surface area contributed by atoms with E-state index in [2.05, 4.69) is 27.0 Å². The average molecular weight is 424 g/mol. The van der Waals surface area contributed by atoms with Crippen molar-refractivity contribution in [1.82, 2.24) is 14.6 Å². The molecule has 0 spiro atoms. The van der Waals surface area contributed by atoms with E-state index >= 15 is 0 Å². The van der Waals surface area contributed by atoms with Crippen molar-refractivity contribution in [2.75, 3.05) is 34.4 Å². The van der Waals surface area contributed by atoms with Crippen molar-refractivity contribution in [2.24, 2.45) is 0 Å². The first-order valence-electron chi connectivity index (χ1n) is 10.9. The fraction of sp³-hybridized carbons (Fsp3) is 0.458. The predicted molar refractivity (Wildman–Crippen MR) is 117 cm³/mol. The van der Waals surface area contributed by atoms with Gasteiger partial charge in [-0.3, -0.25) is 4.90 Å². The Balaban J connectivity index is 1.41. The van der Waals surface area contributed by atoms with Gasteiger partial charge in [0.05, 0.1) is 21.3 Å². The van der Waals surface area contributed by atoms with Crippen molar-refractivity contribution in [2.45, 2.75) is 38.8 Å². The molecule has 1 fully saturated rings. The molecule has 0 unspecified atom stereocenters. The summed E-state index contributed by atoms with van der Waals surface area (Å²) in [4.78, 5) is 2.48. The number of aromatic nitrogens is 2. The minimum Gasteiger partial charge on any atom is -0.493 e. The normalized spacial score (nSPS) is 15.6. The number of methoxy groups -OCH3 is 3. The number of fused-ring (bicyclic) bond motifs is 3. The average Bonchev–Trinajstić information content (AvgIpc) is 3.53. The van der Waals surface area contributed by atoms with Crippen LogP contribution in [0, 0.1) is 0 Å². The second-order valence-electron chi connectivity index (χ2n) is 8.32. The molecule has 1 aromatic carbocycles. The molecule has 3 heterocycles. The molecule has 1 aliphatic heterocycles. The van der Waals surface area contributed by atoms with E-state index in [4.69, 9.17) is 18.7 Å². The quantitative estimate of drug-likeness (QED) is 0.574. The standard InChI is InChI=1S/C24H29N3O4/c1-28-21-10-16(11-22(29-2)24(21)30-3)12-27-13-17-6-7-18-20(15-26-8-4-5-9-26)25-31-23(18)19(17)14-27/h10-11,13-14H,4-9,12,15H2,1-3H3. The molecule has 0 atom stereocenters. The maximum absolute atomic E-state index is 5.84. The Labute approximate surface area is 182 Å². The molecule has 1 aliphatic carbocycles. The van der Waals surface area contributed by atoms with Crippen molar-refractivity contribution in [1.29, 1.82) is 0 Å². The Hall–Kier alpha value is -2.93. The molecular formula is C24H29N3O4. The number of benzene rings is 1. The molecule has 164 valence electrons. The maximum atomic E-state index is 5.84. The Morgan fingerprint density at radius 3 is 2.35 bits per heavy atom. The van der Waals surface area contributed by atoms with E-state index in [1.807, 2.05) is 12.1 Å². The van der Waals surface area contributed by atoms with E-state index in [-0.39, 0.29) is 0 Å². The van der Waals surface area contributed by atoms with Crippen LogP contribution in [0.15, 0.2) is 29.0 Å². The summed E-state index contributed by atoms with van der Waals surface area (Å²) in [7, 11) is 4.90. The summed E-state index contributed by atoms with van der Waals surface area (Å²) in [6.45, 7) is 3.93. The van der Waals surface area contributed by atoms with Crippen molar-refractivity contribution in [3.8, 4) is 28.6 Å². The third-order valence-electron chi connectivity index (χ3n) is 6.38. The molecule has 7 heteroatoms.